The van der Waals surface area contributed by atoms with Crippen LogP contribution >= 0.6 is 12.4 Å². The van der Waals surface area contributed by atoms with E-state index in [1.54, 1.807) is 0 Å². The standard InChI is InChI=1S/C4H9O.C2H7Si.ClH.Mg/c1-3-4-5-2;1-3-2;;/h2-4H2,1H3;3H,1-2H3;1H;/q2*-1;;+2. The van der Waals surface area contributed by atoms with Crippen molar-refractivity contribution in [2.45, 2.75) is 26.4 Å². The van der Waals surface area contributed by atoms with Crippen molar-refractivity contribution in [3.8, 4) is 0 Å². The summed E-state index contributed by atoms with van der Waals surface area (Å²) < 4.78 is 4.44. The molecule has 0 amide bonds. The molecule has 60 valence electrons. The van der Waals surface area contributed by atoms with Gasteiger partial charge in [0.15, 0.2) is 0 Å². The first-order valence-corrected chi connectivity index (χ1v) is 5.25. The third kappa shape index (κ3) is 59.9. The molecule has 0 spiro atoms. The predicted octanol–water partition coefficient (Wildman–Crippen LogP) is 1.76. The maximum atomic E-state index is 4.44. The van der Waals surface area contributed by atoms with Crippen LogP contribution in [0.15, 0.2) is 0 Å². The molecule has 4 heteroatoms. The van der Waals surface area contributed by atoms with Crippen LogP contribution in [0.3, 0.4) is 0 Å². The summed E-state index contributed by atoms with van der Waals surface area (Å²) in [6.07, 6.45) is 1.06. The number of halogens is 1. The summed E-state index contributed by atoms with van der Waals surface area (Å²) in [5.74, 6) is 0. The van der Waals surface area contributed by atoms with Gasteiger partial charge in [-0.2, -0.15) is 13.1 Å². The summed E-state index contributed by atoms with van der Waals surface area (Å²) >= 11 is 0. The van der Waals surface area contributed by atoms with E-state index in [1.807, 2.05) is 6.92 Å². The van der Waals surface area contributed by atoms with Crippen molar-refractivity contribution in [3.05, 3.63) is 7.11 Å². The van der Waals surface area contributed by atoms with E-state index >= 15 is 0 Å². The van der Waals surface area contributed by atoms with Crippen molar-refractivity contribution >= 4 is 45.0 Å². The van der Waals surface area contributed by atoms with Gasteiger partial charge < -0.3 is 4.74 Å². The van der Waals surface area contributed by atoms with Crippen LogP contribution in [0.5, 0.6) is 0 Å². The molecule has 0 N–H and O–H groups in total. The van der Waals surface area contributed by atoms with E-state index < -0.39 is 0 Å². The molecule has 0 radical (unpaired) electrons. The molecule has 10 heavy (non-hydrogen) atoms. The molecule has 0 aromatic rings. The third-order valence-electron chi connectivity index (χ3n) is 0.348. The van der Waals surface area contributed by atoms with Gasteiger partial charge in [-0.1, -0.05) is 6.92 Å². The van der Waals surface area contributed by atoms with E-state index in [2.05, 4.69) is 24.9 Å². The molecule has 0 aliphatic carbocycles. The van der Waals surface area contributed by atoms with E-state index in [0.717, 1.165) is 22.5 Å². The monoisotopic (exact) mass is 192 g/mol. The maximum absolute atomic E-state index is 4.44. The van der Waals surface area contributed by atoms with Crippen LogP contribution in [-0.4, -0.2) is 39.2 Å². The Morgan fingerprint density at radius 3 is 1.70 bits per heavy atom. The number of hydrogen-bond donors (Lipinski definition) is 0. The van der Waals surface area contributed by atoms with Crippen molar-refractivity contribution in [2.24, 2.45) is 0 Å². The van der Waals surface area contributed by atoms with Crippen LogP contribution in [0.1, 0.15) is 13.3 Å². The second kappa shape index (κ2) is 31.9. The van der Waals surface area contributed by atoms with Crippen LogP contribution in [0, 0.1) is 7.11 Å². The molecule has 0 aliphatic rings. The van der Waals surface area contributed by atoms with Crippen LogP contribution in [0.4, 0.5) is 0 Å². The second-order valence-corrected chi connectivity index (χ2v) is 2.64. The Labute approximate surface area is 89.7 Å². The van der Waals surface area contributed by atoms with Gasteiger partial charge in [-0.3, -0.25) is 9.52 Å². The molecule has 0 aliphatic heterocycles. The maximum Gasteiger partial charge on any atom is 2.00 e. The summed E-state index contributed by atoms with van der Waals surface area (Å²) in [6.45, 7) is 7.24. The molecular weight excluding hydrogens is 176 g/mol. The zero-order valence-electron chi connectivity index (χ0n) is 7.22. The molecular formula is C6H17ClMgOSi. The molecule has 1 nitrogen and oxygen atoms in total. The summed E-state index contributed by atoms with van der Waals surface area (Å²) in [7, 11) is 3.93. The van der Waals surface area contributed by atoms with Crippen molar-refractivity contribution in [2.75, 3.05) is 6.61 Å². The average molecular weight is 193 g/mol. The minimum absolute atomic E-state index is 0. The molecule has 0 rings (SSSR count). The molecule has 0 saturated carbocycles. The first-order valence-electron chi connectivity index (χ1n) is 2.94. The Balaban J connectivity index is -0.0000000326. The summed E-state index contributed by atoms with van der Waals surface area (Å²) in [6, 6.07) is 0. The zero-order valence-corrected chi connectivity index (χ0v) is 10.6. The van der Waals surface area contributed by atoms with Gasteiger partial charge in [0, 0.05) is 6.61 Å². The third-order valence-corrected chi connectivity index (χ3v) is 0.348. The predicted molar refractivity (Wildman–Crippen MR) is 53.5 cm³/mol. The fourth-order valence-electron chi connectivity index (χ4n) is 0.144. The van der Waals surface area contributed by atoms with Crippen LogP contribution in [-0.2, 0) is 4.74 Å². The molecule has 0 aromatic heterocycles. The first-order chi connectivity index (χ1) is 3.83. The van der Waals surface area contributed by atoms with E-state index in [9.17, 15) is 0 Å². The fourth-order valence-corrected chi connectivity index (χ4v) is 0.144. The largest absolute Gasteiger partial charge is 2.00 e. The number of ether oxygens (including phenoxy) is 1. The Morgan fingerprint density at radius 1 is 1.40 bits per heavy atom. The summed E-state index contributed by atoms with van der Waals surface area (Å²) in [4.78, 5) is 0. The summed E-state index contributed by atoms with van der Waals surface area (Å²) in [5.41, 5.74) is 0. The van der Waals surface area contributed by atoms with Gasteiger partial charge >= 0.3 is 23.1 Å². The van der Waals surface area contributed by atoms with E-state index in [0.29, 0.717) is 0 Å². The minimum Gasteiger partial charge on any atom is -0.555 e. The number of rotatable bonds is 2. The Bertz CT molecular complexity index is 31.7. The van der Waals surface area contributed by atoms with E-state index in [1.165, 1.54) is 0 Å². The van der Waals surface area contributed by atoms with Crippen molar-refractivity contribution in [3.63, 3.8) is 0 Å². The Hall–Kier alpha value is 1.23. The fraction of sp³-hybridized carbons (Fsp3) is 0.833. The van der Waals surface area contributed by atoms with Crippen molar-refractivity contribution in [1.82, 2.24) is 0 Å². The van der Waals surface area contributed by atoms with Crippen molar-refractivity contribution < 1.29 is 4.74 Å². The topological polar surface area (TPSA) is 9.23 Å². The molecule has 0 unspecified atom stereocenters. The quantitative estimate of drug-likeness (QED) is 0.479. The first kappa shape index (κ1) is 22.5. The molecule has 0 aromatic carbocycles. The molecule has 0 heterocycles. The molecule has 0 fully saturated rings. The smallest absolute Gasteiger partial charge is 0.555 e. The zero-order chi connectivity index (χ0) is 6.83. The second-order valence-electron chi connectivity index (χ2n) is 1.49. The van der Waals surface area contributed by atoms with E-state index in [4.69, 9.17) is 0 Å². The van der Waals surface area contributed by atoms with Gasteiger partial charge in [-0.25, -0.2) is 7.11 Å². The number of hydrogen-bond acceptors (Lipinski definition) is 1. The Morgan fingerprint density at radius 2 is 1.70 bits per heavy atom. The Kier molecular flexibility index (Phi) is 71.6. The normalized spacial score (nSPS) is 6.00. The van der Waals surface area contributed by atoms with Crippen LogP contribution in [0.2, 0.25) is 13.1 Å². The van der Waals surface area contributed by atoms with Gasteiger partial charge in [0.25, 0.3) is 0 Å². The van der Waals surface area contributed by atoms with Crippen LogP contribution < -0.4 is 0 Å². The average Bonchev–Trinajstić information content (AvgIpc) is 1.71. The molecule has 0 atom stereocenters. The summed E-state index contributed by atoms with van der Waals surface area (Å²) in [5, 5.41) is 0. The van der Waals surface area contributed by atoms with Gasteiger partial charge in [0.2, 0.25) is 0 Å². The van der Waals surface area contributed by atoms with Gasteiger partial charge in [-0.15, -0.1) is 12.4 Å². The SMILES string of the molecule is C[SiH-]C.Cl.[CH2-]OCCC.[Mg+2]. The van der Waals surface area contributed by atoms with Crippen LogP contribution in [0.25, 0.3) is 0 Å². The van der Waals surface area contributed by atoms with Crippen molar-refractivity contribution in [1.29, 1.82) is 0 Å². The van der Waals surface area contributed by atoms with Gasteiger partial charge in [-0.05, 0) is 6.42 Å². The molecule has 0 bridgehead atoms. The van der Waals surface area contributed by atoms with Gasteiger partial charge in [0.05, 0.1) is 0 Å². The van der Waals surface area contributed by atoms with E-state index in [-0.39, 0.29) is 35.5 Å². The molecule has 0 saturated heterocycles. The van der Waals surface area contributed by atoms with Gasteiger partial charge in [0.1, 0.15) is 0 Å². The minimum atomic E-state index is 0.